The number of fused-ring (bicyclic) bond motifs is 1. The maximum absolute atomic E-state index is 14.7. The van der Waals surface area contributed by atoms with Crippen molar-refractivity contribution < 1.29 is 9.18 Å². The third-order valence-corrected chi connectivity index (χ3v) is 5.82. The van der Waals surface area contributed by atoms with E-state index in [0.29, 0.717) is 23.8 Å². The Kier molecular flexibility index (Phi) is 5.50. The SMILES string of the molecule is Cc1nnnn1-c1ccc(F)c(NC(=O)c2cc(C3CC3)nc3c2c(=O)[nH]c(=O)n3CC(C)C)c1. The predicted molar refractivity (Wildman–Crippen MR) is 125 cm³/mol. The van der Waals surface area contributed by atoms with Gasteiger partial charge in [0.15, 0.2) is 11.5 Å². The Morgan fingerprint density at radius 1 is 1.26 bits per heavy atom. The van der Waals surface area contributed by atoms with Gasteiger partial charge in [0.05, 0.1) is 22.3 Å². The first-order chi connectivity index (χ1) is 16.7. The van der Waals surface area contributed by atoms with Crippen LogP contribution in [0.4, 0.5) is 10.1 Å². The second kappa shape index (κ2) is 8.53. The molecule has 35 heavy (non-hydrogen) atoms. The van der Waals surface area contributed by atoms with E-state index in [4.69, 9.17) is 0 Å². The van der Waals surface area contributed by atoms with E-state index in [1.165, 1.54) is 27.4 Å². The van der Waals surface area contributed by atoms with Crippen LogP contribution in [0.1, 0.15) is 54.5 Å². The van der Waals surface area contributed by atoms with Crippen molar-refractivity contribution in [3.8, 4) is 5.69 Å². The molecule has 1 amide bonds. The number of nitrogens with zero attached hydrogens (tertiary/aromatic N) is 6. The van der Waals surface area contributed by atoms with Crippen molar-refractivity contribution in [3.63, 3.8) is 0 Å². The molecule has 1 aromatic carbocycles. The highest BCUT2D eigenvalue weighted by Gasteiger charge is 2.29. The van der Waals surface area contributed by atoms with E-state index in [0.717, 1.165) is 12.8 Å². The molecular formula is C23H23FN8O3. The predicted octanol–water partition coefficient (Wildman–Crippen LogP) is 2.29. The molecule has 1 aliphatic rings. The number of H-pyrrole nitrogens is 1. The number of hydrogen-bond donors (Lipinski definition) is 2. The second-order valence-corrected chi connectivity index (χ2v) is 9.09. The maximum Gasteiger partial charge on any atom is 0.330 e. The van der Waals surface area contributed by atoms with Gasteiger partial charge in [-0.05, 0) is 60.4 Å². The summed E-state index contributed by atoms with van der Waals surface area (Å²) < 4.78 is 17.4. The molecule has 0 atom stereocenters. The zero-order valence-electron chi connectivity index (χ0n) is 19.4. The van der Waals surface area contributed by atoms with Crippen LogP contribution < -0.4 is 16.6 Å². The highest BCUT2D eigenvalue weighted by Crippen LogP contribution is 2.40. The molecule has 12 heteroatoms. The van der Waals surface area contributed by atoms with Crippen LogP contribution in [-0.4, -0.2) is 40.6 Å². The monoisotopic (exact) mass is 478 g/mol. The van der Waals surface area contributed by atoms with Crippen molar-refractivity contribution in [1.82, 2.24) is 34.7 Å². The number of aryl methyl sites for hydroxylation is 1. The van der Waals surface area contributed by atoms with Crippen LogP contribution in [0.15, 0.2) is 33.9 Å². The molecule has 0 aliphatic heterocycles. The van der Waals surface area contributed by atoms with Crippen LogP contribution in [0.2, 0.25) is 0 Å². The summed E-state index contributed by atoms with van der Waals surface area (Å²) >= 11 is 0. The maximum atomic E-state index is 14.7. The smallest absolute Gasteiger partial charge is 0.319 e. The number of carbonyl (C=O) groups is 1. The number of benzene rings is 1. The van der Waals surface area contributed by atoms with Gasteiger partial charge in [-0.1, -0.05) is 13.8 Å². The lowest BCUT2D eigenvalue weighted by atomic mass is 10.1. The molecule has 0 unspecified atom stereocenters. The Balaban J connectivity index is 1.63. The Labute approximate surface area is 198 Å². The fraction of sp³-hybridized carbons (Fsp3) is 0.348. The van der Waals surface area contributed by atoms with Crippen LogP contribution in [0.3, 0.4) is 0 Å². The number of halogens is 1. The van der Waals surface area contributed by atoms with Gasteiger partial charge in [0, 0.05) is 18.2 Å². The molecule has 1 fully saturated rings. The van der Waals surface area contributed by atoms with Crippen LogP contribution >= 0.6 is 0 Å². The highest BCUT2D eigenvalue weighted by molar-refractivity contribution is 6.12. The van der Waals surface area contributed by atoms with E-state index in [2.05, 4.69) is 30.8 Å². The molecule has 3 heterocycles. The quantitative estimate of drug-likeness (QED) is 0.433. The molecule has 1 aliphatic carbocycles. The first kappa shape index (κ1) is 22.6. The van der Waals surface area contributed by atoms with Crippen LogP contribution in [0, 0.1) is 18.7 Å². The van der Waals surface area contributed by atoms with Gasteiger partial charge in [-0.2, -0.15) is 4.68 Å². The van der Waals surface area contributed by atoms with Crippen molar-refractivity contribution in [2.24, 2.45) is 5.92 Å². The fourth-order valence-corrected chi connectivity index (χ4v) is 4.00. The van der Waals surface area contributed by atoms with Crippen molar-refractivity contribution in [2.75, 3.05) is 5.32 Å². The number of aromatic amines is 1. The number of nitrogens with one attached hydrogen (secondary N) is 2. The summed E-state index contributed by atoms with van der Waals surface area (Å²) in [6.07, 6.45) is 1.80. The molecule has 4 aromatic rings. The number of pyridine rings is 1. The highest BCUT2D eigenvalue weighted by atomic mass is 19.1. The standard InChI is InChI=1S/C23H23FN8O3/c1-11(2)10-31-20-19(22(34)27-23(31)35)15(9-17(25-20)13-4-5-13)21(33)26-18-8-14(6-7-16(18)24)32-12(3)28-29-30-32/h6-9,11,13H,4-5,10H2,1-3H3,(H,26,33)(H,27,34,35). The Morgan fingerprint density at radius 2 is 2.03 bits per heavy atom. The number of aromatic nitrogens is 7. The van der Waals surface area contributed by atoms with Gasteiger partial charge in [-0.25, -0.2) is 14.2 Å². The number of tetrazole rings is 1. The minimum absolute atomic E-state index is 0.0139. The average Bonchev–Trinajstić information content (AvgIpc) is 3.58. The number of carbonyl (C=O) groups excluding carboxylic acids is 1. The number of hydrogen-bond acceptors (Lipinski definition) is 7. The molecule has 0 radical (unpaired) electrons. The van der Waals surface area contributed by atoms with E-state index in [1.807, 2.05) is 13.8 Å². The fourth-order valence-electron chi connectivity index (χ4n) is 4.00. The number of rotatable bonds is 6. The number of amides is 1. The molecule has 3 aromatic heterocycles. The zero-order chi connectivity index (χ0) is 24.9. The summed E-state index contributed by atoms with van der Waals surface area (Å²) in [6, 6.07) is 5.64. The van der Waals surface area contributed by atoms with Gasteiger partial charge < -0.3 is 5.32 Å². The lowest BCUT2D eigenvalue weighted by Crippen LogP contribution is -2.33. The summed E-state index contributed by atoms with van der Waals surface area (Å²) in [5.41, 5.74) is -0.149. The second-order valence-electron chi connectivity index (χ2n) is 9.09. The molecule has 11 nitrogen and oxygen atoms in total. The summed E-state index contributed by atoms with van der Waals surface area (Å²) in [4.78, 5) is 45.7. The minimum atomic E-state index is -0.719. The van der Waals surface area contributed by atoms with Crippen molar-refractivity contribution in [2.45, 2.75) is 46.1 Å². The minimum Gasteiger partial charge on any atom is -0.319 e. The lowest BCUT2D eigenvalue weighted by molar-refractivity contribution is 0.102. The van der Waals surface area contributed by atoms with Crippen LogP contribution in [0.25, 0.3) is 16.7 Å². The Hall–Kier alpha value is -4.22. The van der Waals surface area contributed by atoms with Gasteiger partial charge in [0.2, 0.25) is 0 Å². The molecule has 2 N–H and O–H groups in total. The largest absolute Gasteiger partial charge is 0.330 e. The molecular weight excluding hydrogens is 455 g/mol. The molecule has 0 spiro atoms. The van der Waals surface area contributed by atoms with Crippen molar-refractivity contribution >= 4 is 22.6 Å². The van der Waals surface area contributed by atoms with E-state index in [9.17, 15) is 18.8 Å². The summed E-state index contributed by atoms with van der Waals surface area (Å²) in [6.45, 7) is 5.87. The van der Waals surface area contributed by atoms with Gasteiger partial charge in [0.1, 0.15) is 5.82 Å². The first-order valence-electron chi connectivity index (χ1n) is 11.3. The molecule has 0 bridgehead atoms. The Morgan fingerprint density at radius 3 is 2.69 bits per heavy atom. The lowest BCUT2D eigenvalue weighted by Gasteiger charge is -2.15. The summed E-state index contributed by atoms with van der Waals surface area (Å²) in [5, 5.41) is 13.8. The van der Waals surface area contributed by atoms with Crippen LogP contribution in [0.5, 0.6) is 0 Å². The summed E-state index contributed by atoms with van der Waals surface area (Å²) in [7, 11) is 0. The molecule has 5 rings (SSSR count). The third kappa shape index (κ3) is 4.22. The van der Waals surface area contributed by atoms with Crippen molar-refractivity contribution in [3.05, 3.63) is 68.0 Å². The van der Waals surface area contributed by atoms with E-state index >= 15 is 0 Å². The number of anilines is 1. The topological polar surface area (TPSA) is 140 Å². The van der Waals surface area contributed by atoms with Gasteiger partial charge in [0.25, 0.3) is 11.5 Å². The zero-order valence-corrected chi connectivity index (χ0v) is 19.4. The van der Waals surface area contributed by atoms with Crippen molar-refractivity contribution in [1.29, 1.82) is 0 Å². The van der Waals surface area contributed by atoms with E-state index in [1.54, 1.807) is 13.0 Å². The Bertz CT molecular complexity index is 1580. The first-order valence-corrected chi connectivity index (χ1v) is 11.3. The average molecular weight is 478 g/mol. The molecule has 180 valence electrons. The van der Waals surface area contributed by atoms with Crippen LogP contribution in [-0.2, 0) is 6.54 Å². The summed E-state index contributed by atoms with van der Waals surface area (Å²) in [5.74, 6) is -0.631. The van der Waals surface area contributed by atoms with E-state index < -0.39 is 23.0 Å². The third-order valence-electron chi connectivity index (χ3n) is 5.82. The molecule has 0 saturated heterocycles. The normalized spacial score (nSPS) is 13.5. The molecule has 1 saturated carbocycles. The van der Waals surface area contributed by atoms with Gasteiger partial charge in [-0.15, -0.1) is 5.10 Å². The van der Waals surface area contributed by atoms with E-state index in [-0.39, 0.29) is 34.1 Å². The van der Waals surface area contributed by atoms with Gasteiger partial charge >= 0.3 is 5.69 Å². The van der Waals surface area contributed by atoms with Gasteiger partial charge in [-0.3, -0.25) is 19.1 Å².